The Kier molecular flexibility index (Phi) is 4.44. The SMILES string of the molecule is Cc1c(N(C)C(C)CO)cc(C(=O)O)cc1[N+](=O)[O-]. The topological polar surface area (TPSA) is 104 Å². The van der Waals surface area contributed by atoms with Crippen molar-refractivity contribution in [2.45, 2.75) is 19.9 Å². The second-order valence-corrected chi connectivity index (χ2v) is 4.34. The molecule has 0 aliphatic heterocycles. The van der Waals surface area contributed by atoms with Crippen molar-refractivity contribution in [3.05, 3.63) is 33.4 Å². The van der Waals surface area contributed by atoms with Gasteiger partial charge in [-0.1, -0.05) is 0 Å². The summed E-state index contributed by atoms with van der Waals surface area (Å²) in [4.78, 5) is 23.0. The van der Waals surface area contributed by atoms with E-state index in [4.69, 9.17) is 10.2 Å². The Morgan fingerprint density at radius 1 is 1.53 bits per heavy atom. The fourth-order valence-electron chi connectivity index (χ4n) is 1.72. The van der Waals surface area contributed by atoms with Crippen LogP contribution in [0.2, 0.25) is 0 Å². The van der Waals surface area contributed by atoms with Crippen LogP contribution in [-0.2, 0) is 0 Å². The van der Waals surface area contributed by atoms with Crippen LogP contribution in [0.15, 0.2) is 12.1 Å². The van der Waals surface area contributed by atoms with Gasteiger partial charge in [0, 0.05) is 24.8 Å². The highest BCUT2D eigenvalue weighted by molar-refractivity contribution is 5.90. The minimum absolute atomic E-state index is 0.138. The Bertz CT molecular complexity index is 515. The molecule has 19 heavy (non-hydrogen) atoms. The Balaban J connectivity index is 3.45. The standard InChI is InChI=1S/C12H16N2O5/c1-7(6-15)13(3)10-4-9(12(16)17)5-11(8(10)2)14(18)19/h4-5,7,15H,6H2,1-3H3,(H,16,17). The van der Waals surface area contributed by atoms with E-state index in [-0.39, 0.29) is 23.9 Å². The molecule has 2 N–H and O–H groups in total. The summed E-state index contributed by atoms with van der Waals surface area (Å²) in [5, 5.41) is 29.1. The molecule has 0 aliphatic rings. The first-order chi connectivity index (χ1) is 8.79. The number of likely N-dealkylation sites (N-methyl/N-ethyl adjacent to an activating group) is 1. The monoisotopic (exact) mass is 268 g/mol. The molecule has 1 rings (SSSR count). The van der Waals surface area contributed by atoms with Crippen molar-refractivity contribution in [3.8, 4) is 0 Å². The molecular weight excluding hydrogens is 252 g/mol. The van der Waals surface area contributed by atoms with Crippen LogP contribution in [0.1, 0.15) is 22.8 Å². The van der Waals surface area contributed by atoms with E-state index in [1.165, 1.54) is 6.07 Å². The van der Waals surface area contributed by atoms with Crippen LogP contribution in [0.5, 0.6) is 0 Å². The van der Waals surface area contributed by atoms with E-state index in [1.807, 2.05) is 0 Å². The Morgan fingerprint density at radius 2 is 2.11 bits per heavy atom. The number of hydrogen-bond acceptors (Lipinski definition) is 5. The zero-order valence-electron chi connectivity index (χ0n) is 11.0. The highest BCUT2D eigenvalue weighted by atomic mass is 16.6. The van der Waals surface area contributed by atoms with Gasteiger partial charge in [0.1, 0.15) is 0 Å². The molecule has 7 nitrogen and oxygen atoms in total. The van der Waals surface area contributed by atoms with E-state index in [9.17, 15) is 14.9 Å². The van der Waals surface area contributed by atoms with Gasteiger partial charge in [-0.25, -0.2) is 4.79 Å². The maximum Gasteiger partial charge on any atom is 0.336 e. The van der Waals surface area contributed by atoms with Gasteiger partial charge in [-0.3, -0.25) is 10.1 Å². The molecule has 0 heterocycles. The van der Waals surface area contributed by atoms with Crippen LogP contribution < -0.4 is 4.90 Å². The predicted molar refractivity (Wildman–Crippen MR) is 69.7 cm³/mol. The number of carbonyl (C=O) groups is 1. The third kappa shape index (κ3) is 3.00. The summed E-state index contributed by atoms with van der Waals surface area (Å²) in [6.45, 7) is 3.15. The lowest BCUT2D eigenvalue weighted by atomic mass is 10.1. The van der Waals surface area contributed by atoms with Crippen molar-refractivity contribution in [2.24, 2.45) is 0 Å². The van der Waals surface area contributed by atoms with Gasteiger partial charge in [-0.2, -0.15) is 0 Å². The largest absolute Gasteiger partial charge is 0.478 e. The fourth-order valence-corrected chi connectivity index (χ4v) is 1.72. The van der Waals surface area contributed by atoms with Gasteiger partial charge < -0.3 is 15.1 Å². The van der Waals surface area contributed by atoms with Crippen LogP contribution in [0, 0.1) is 17.0 Å². The highest BCUT2D eigenvalue weighted by Crippen LogP contribution is 2.30. The third-order valence-corrected chi connectivity index (χ3v) is 3.10. The first-order valence-electron chi connectivity index (χ1n) is 5.65. The maximum absolute atomic E-state index is 11.0. The van der Waals surface area contributed by atoms with Crippen LogP contribution >= 0.6 is 0 Å². The normalized spacial score (nSPS) is 12.0. The number of aliphatic hydroxyl groups is 1. The number of nitro groups is 1. The second kappa shape index (κ2) is 5.66. The number of carboxylic acids is 1. The third-order valence-electron chi connectivity index (χ3n) is 3.10. The predicted octanol–water partition coefficient (Wildman–Crippen LogP) is 1.42. The quantitative estimate of drug-likeness (QED) is 0.618. The molecule has 1 unspecified atom stereocenters. The summed E-state index contributed by atoms with van der Waals surface area (Å²) in [5.74, 6) is -1.23. The van der Waals surface area contributed by atoms with E-state index in [2.05, 4.69) is 0 Å². The van der Waals surface area contributed by atoms with Gasteiger partial charge in [-0.05, 0) is 19.9 Å². The van der Waals surface area contributed by atoms with Gasteiger partial charge in [0.05, 0.1) is 22.7 Å². The lowest BCUT2D eigenvalue weighted by molar-refractivity contribution is -0.385. The molecule has 0 saturated heterocycles. The number of rotatable bonds is 5. The second-order valence-electron chi connectivity index (χ2n) is 4.34. The number of nitro benzene ring substituents is 1. The summed E-state index contributed by atoms with van der Waals surface area (Å²) in [6, 6.07) is 2.14. The van der Waals surface area contributed by atoms with Gasteiger partial charge >= 0.3 is 5.97 Å². The molecule has 0 aliphatic carbocycles. The van der Waals surface area contributed by atoms with Crippen molar-refractivity contribution < 1.29 is 19.9 Å². The van der Waals surface area contributed by atoms with Gasteiger partial charge in [0.15, 0.2) is 0 Å². The highest BCUT2D eigenvalue weighted by Gasteiger charge is 2.22. The number of benzene rings is 1. The molecule has 0 saturated carbocycles. The molecular formula is C12H16N2O5. The molecule has 0 radical (unpaired) electrons. The van der Waals surface area contributed by atoms with Crippen molar-refractivity contribution in [2.75, 3.05) is 18.6 Å². The van der Waals surface area contributed by atoms with Crippen LogP contribution in [0.3, 0.4) is 0 Å². The van der Waals surface area contributed by atoms with Crippen molar-refractivity contribution in [1.29, 1.82) is 0 Å². The summed E-state index contributed by atoms with van der Waals surface area (Å²) < 4.78 is 0. The average Bonchev–Trinajstić information content (AvgIpc) is 2.36. The van der Waals surface area contributed by atoms with E-state index in [1.54, 1.807) is 25.8 Å². The minimum Gasteiger partial charge on any atom is -0.478 e. The summed E-state index contributed by atoms with van der Waals surface area (Å²) in [7, 11) is 1.65. The molecule has 1 atom stereocenters. The van der Waals surface area contributed by atoms with E-state index in [0.717, 1.165) is 6.07 Å². The summed E-state index contributed by atoms with van der Waals surface area (Å²) in [5.41, 5.74) is 0.405. The number of aliphatic hydroxyl groups excluding tert-OH is 1. The Hall–Kier alpha value is -2.15. The van der Waals surface area contributed by atoms with Crippen molar-refractivity contribution in [1.82, 2.24) is 0 Å². The minimum atomic E-state index is -1.23. The smallest absolute Gasteiger partial charge is 0.336 e. The molecule has 1 aromatic rings. The van der Waals surface area contributed by atoms with Gasteiger partial charge in [0.25, 0.3) is 5.69 Å². The molecule has 0 spiro atoms. The lowest BCUT2D eigenvalue weighted by Crippen LogP contribution is -2.32. The molecule has 0 bridgehead atoms. The lowest BCUT2D eigenvalue weighted by Gasteiger charge is -2.27. The van der Waals surface area contributed by atoms with Gasteiger partial charge in [-0.15, -0.1) is 0 Å². The molecule has 104 valence electrons. The Labute approximate surface area is 110 Å². The number of anilines is 1. The Morgan fingerprint density at radius 3 is 2.53 bits per heavy atom. The first-order valence-corrected chi connectivity index (χ1v) is 5.65. The molecule has 0 amide bonds. The zero-order chi connectivity index (χ0) is 14.7. The fraction of sp³-hybridized carbons (Fsp3) is 0.417. The first kappa shape index (κ1) is 14.9. The van der Waals surface area contributed by atoms with Crippen LogP contribution in [0.4, 0.5) is 11.4 Å². The van der Waals surface area contributed by atoms with E-state index in [0.29, 0.717) is 11.3 Å². The number of hydrogen-bond donors (Lipinski definition) is 2. The summed E-state index contributed by atoms with van der Waals surface area (Å²) >= 11 is 0. The number of nitrogens with zero attached hydrogens (tertiary/aromatic N) is 2. The maximum atomic E-state index is 11.0. The molecule has 0 aromatic heterocycles. The molecule has 0 fully saturated rings. The summed E-state index contributed by atoms with van der Waals surface area (Å²) in [6.07, 6.45) is 0. The van der Waals surface area contributed by atoms with Crippen molar-refractivity contribution in [3.63, 3.8) is 0 Å². The number of aromatic carboxylic acids is 1. The van der Waals surface area contributed by atoms with Crippen LogP contribution in [-0.4, -0.2) is 40.8 Å². The van der Waals surface area contributed by atoms with Crippen LogP contribution in [0.25, 0.3) is 0 Å². The average molecular weight is 268 g/mol. The zero-order valence-corrected chi connectivity index (χ0v) is 11.0. The van der Waals surface area contributed by atoms with Crippen molar-refractivity contribution >= 4 is 17.3 Å². The molecule has 7 heteroatoms. The van der Waals surface area contributed by atoms with E-state index >= 15 is 0 Å². The number of carboxylic acid groups (broad SMARTS) is 1. The van der Waals surface area contributed by atoms with Gasteiger partial charge in [0.2, 0.25) is 0 Å². The van der Waals surface area contributed by atoms with E-state index < -0.39 is 10.9 Å². The molecule has 1 aromatic carbocycles.